The topological polar surface area (TPSA) is 60.7 Å². The maximum Gasteiger partial charge on any atom is 0.147 e. The van der Waals surface area contributed by atoms with E-state index < -0.39 is 0 Å². The van der Waals surface area contributed by atoms with Crippen LogP contribution in [-0.2, 0) is 0 Å². The van der Waals surface area contributed by atoms with E-state index in [9.17, 15) is 0 Å². The molecule has 0 aromatic rings. The third kappa shape index (κ3) is 4.79. The van der Waals surface area contributed by atoms with Crippen LogP contribution < -0.4 is 0 Å². The molecule has 3 N–H and O–H groups in total. The number of aliphatic hydroxyl groups excluding tert-OH is 3. The Kier molecular flexibility index (Phi) is 7.02. The fourth-order valence-corrected chi connectivity index (χ4v) is 0.981. The lowest BCUT2D eigenvalue weighted by molar-refractivity contribution is 0.301. The monoisotopic (exact) mass is 146 g/mol. The molecule has 3 nitrogen and oxygen atoms in total. The minimum Gasteiger partial charge on any atom is -0.397 e. The molecule has 0 aliphatic heterocycles. The number of hydrogen-bond acceptors (Lipinski definition) is 3. The van der Waals surface area contributed by atoms with Gasteiger partial charge in [-0.2, -0.15) is 0 Å². The Hall–Kier alpha value is -0.0551. The molecule has 0 saturated heterocycles. The van der Waals surface area contributed by atoms with Crippen molar-refractivity contribution in [3.05, 3.63) is 0 Å². The molecule has 0 spiro atoms. The van der Waals surface area contributed by atoms with Crippen LogP contribution >= 0.6 is 0 Å². The van der Waals surface area contributed by atoms with Crippen LogP contribution in [0.25, 0.3) is 0 Å². The van der Waals surface area contributed by atoms with Gasteiger partial charge in [-0.15, -0.1) is 0 Å². The summed E-state index contributed by atoms with van der Waals surface area (Å²) in [5.74, 6) is 0. The van der Waals surface area contributed by atoms with E-state index in [4.69, 9.17) is 15.3 Å². The molecule has 0 aromatic heterocycles. The molecule has 0 aliphatic carbocycles. The van der Waals surface area contributed by atoms with Crippen molar-refractivity contribution in [3.63, 3.8) is 0 Å². The minimum absolute atomic E-state index is 0.144. The lowest BCUT2D eigenvalue weighted by Gasteiger charge is -2.07. The Morgan fingerprint density at radius 2 is 1.00 bits per heavy atom. The molecule has 0 saturated carbocycles. The molecule has 0 aliphatic rings. The average Bonchev–Trinajstić information content (AvgIpc) is 1.90. The van der Waals surface area contributed by atoms with Gasteiger partial charge in [0.15, 0.2) is 0 Å². The molecule has 0 heterocycles. The summed E-state index contributed by atoms with van der Waals surface area (Å²) in [5, 5.41) is 25.6. The van der Waals surface area contributed by atoms with Gasteiger partial charge in [0.1, 0.15) is 6.71 Å². The second-order valence-corrected chi connectivity index (χ2v) is 2.40. The third-order valence-electron chi connectivity index (χ3n) is 1.61. The molecular weight excluding hydrogens is 131 g/mol. The van der Waals surface area contributed by atoms with Crippen molar-refractivity contribution in [2.75, 3.05) is 19.8 Å². The summed E-state index contributed by atoms with van der Waals surface area (Å²) < 4.78 is 0. The quantitative estimate of drug-likeness (QED) is 0.441. The second kappa shape index (κ2) is 7.06. The summed E-state index contributed by atoms with van der Waals surface area (Å²) in [4.78, 5) is 0. The third-order valence-corrected chi connectivity index (χ3v) is 1.61. The standard InChI is InChI=1S/C6H15BO3/c8-4-1-7(2-5-9)3-6-10/h8-10H,1-6H2. The van der Waals surface area contributed by atoms with E-state index in [2.05, 4.69) is 0 Å². The number of rotatable bonds is 6. The van der Waals surface area contributed by atoms with E-state index in [-0.39, 0.29) is 26.5 Å². The first-order valence-corrected chi connectivity index (χ1v) is 3.67. The van der Waals surface area contributed by atoms with Gasteiger partial charge in [0.25, 0.3) is 0 Å². The molecule has 0 atom stereocenters. The minimum atomic E-state index is 0.144. The zero-order chi connectivity index (χ0) is 7.82. The van der Waals surface area contributed by atoms with E-state index in [1.54, 1.807) is 0 Å². The van der Waals surface area contributed by atoms with Gasteiger partial charge in [0, 0.05) is 19.8 Å². The van der Waals surface area contributed by atoms with Crippen molar-refractivity contribution in [1.29, 1.82) is 0 Å². The number of aliphatic hydroxyl groups is 3. The van der Waals surface area contributed by atoms with Gasteiger partial charge in [0.05, 0.1) is 0 Å². The Morgan fingerprint density at radius 1 is 0.700 bits per heavy atom. The van der Waals surface area contributed by atoms with E-state index in [0.717, 1.165) is 0 Å². The molecule has 0 fully saturated rings. The normalized spacial score (nSPS) is 9.90. The summed E-state index contributed by atoms with van der Waals surface area (Å²) in [7, 11) is 0. The Bertz CT molecular complexity index is 55.7. The highest BCUT2D eigenvalue weighted by Gasteiger charge is 2.10. The largest absolute Gasteiger partial charge is 0.397 e. The van der Waals surface area contributed by atoms with Crippen LogP contribution in [0.5, 0.6) is 0 Å². The van der Waals surface area contributed by atoms with E-state index in [0.29, 0.717) is 19.0 Å². The summed E-state index contributed by atoms with van der Waals surface area (Å²) in [6.07, 6.45) is 2.04. The molecule has 60 valence electrons. The predicted octanol–water partition coefficient (Wildman–Crippen LogP) is -0.542. The molecule has 4 heteroatoms. The molecule has 10 heavy (non-hydrogen) atoms. The fraction of sp³-hybridized carbons (Fsp3) is 1.00. The molecule has 0 unspecified atom stereocenters. The van der Waals surface area contributed by atoms with Gasteiger partial charge in [-0.1, -0.05) is 19.0 Å². The van der Waals surface area contributed by atoms with Gasteiger partial charge in [-0.25, -0.2) is 0 Å². The van der Waals surface area contributed by atoms with Crippen molar-refractivity contribution in [1.82, 2.24) is 0 Å². The maximum absolute atomic E-state index is 8.53. The van der Waals surface area contributed by atoms with E-state index >= 15 is 0 Å². The first kappa shape index (κ1) is 9.94. The van der Waals surface area contributed by atoms with Crippen molar-refractivity contribution in [2.45, 2.75) is 19.0 Å². The summed E-state index contributed by atoms with van der Waals surface area (Å²) in [6.45, 7) is 0.708. The van der Waals surface area contributed by atoms with E-state index in [1.165, 1.54) is 0 Å². The van der Waals surface area contributed by atoms with Gasteiger partial charge >= 0.3 is 0 Å². The first-order chi connectivity index (χ1) is 4.85. The molecule has 0 radical (unpaired) electrons. The Balaban J connectivity index is 3.30. The van der Waals surface area contributed by atoms with Crippen LogP contribution in [0, 0.1) is 0 Å². The zero-order valence-corrected chi connectivity index (χ0v) is 6.16. The molecule has 0 bridgehead atoms. The van der Waals surface area contributed by atoms with Crippen LogP contribution in [-0.4, -0.2) is 41.9 Å². The van der Waals surface area contributed by atoms with Gasteiger partial charge < -0.3 is 15.3 Å². The molecular formula is C6H15BO3. The summed E-state index contributed by atoms with van der Waals surface area (Å²) >= 11 is 0. The predicted molar refractivity (Wildman–Crippen MR) is 41.4 cm³/mol. The van der Waals surface area contributed by atoms with Crippen molar-refractivity contribution in [2.24, 2.45) is 0 Å². The molecule has 0 aromatic carbocycles. The fourth-order valence-electron chi connectivity index (χ4n) is 0.981. The lowest BCUT2D eigenvalue weighted by atomic mass is 9.43. The van der Waals surface area contributed by atoms with Gasteiger partial charge in [-0.3, -0.25) is 0 Å². The van der Waals surface area contributed by atoms with Gasteiger partial charge in [0.2, 0.25) is 0 Å². The van der Waals surface area contributed by atoms with Crippen LogP contribution in [0.3, 0.4) is 0 Å². The average molecular weight is 146 g/mol. The second-order valence-electron chi connectivity index (χ2n) is 2.40. The summed E-state index contributed by atoms with van der Waals surface area (Å²) in [5.41, 5.74) is 0. The highest BCUT2D eigenvalue weighted by Crippen LogP contribution is 2.03. The van der Waals surface area contributed by atoms with E-state index in [1.807, 2.05) is 0 Å². The van der Waals surface area contributed by atoms with Crippen LogP contribution in [0.1, 0.15) is 0 Å². The van der Waals surface area contributed by atoms with Crippen molar-refractivity contribution < 1.29 is 15.3 Å². The molecule has 0 rings (SSSR count). The SMILES string of the molecule is OCCB(CCO)CCO. The number of hydrogen-bond donors (Lipinski definition) is 3. The van der Waals surface area contributed by atoms with Crippen molar-refractivity contribution >= 4 is 6.71 Å². The van der Waals surface area contributed by atoms with Crippen LogP contribution in [0.2, 0.25) is 19.0 Å². The highest BCUT2D eigenvalue weighted by atomic mass is 16.3. The highest BCUT2D eigenvalue weighted by molar-refractivity contribution is 6.58. The Labute approximate surface area is 61.8 Å². The van der Waals surface area contributed by atoms with Crippen molar-refractivity contribution in [3.8, 4) is 0 Å². The van der Waals surface area contributed by atoms with Gasteiger partial charge in [-0.05, 0) is 0 Å². The lowest BCUT2D eigenvalue weighted by Crippen LogP contribution is -2.16. The maximum atomic E-state index is 8.53. The van der Waals surface area contributed by atoms with Crippen LogP contribution in [0.15, 0.2) is 0 Å². The smallest absolute Gasteiger partial charge is 0.147 e. The summed E-state index contributed by atoms with van der Waals surface area (Å²) in [6, 6.07) is 0. The zero-order valence-electron chi connectivity index (χ0n) is 6.16. The van der Waals surface area contributed by atoms with Crippen LogP contribution in [0.4, 0.5) is 0 Å². The first-order valence-electron chi connectivity index (χ1n) is 3.67. The Morgan fingerprint density at radius 3 is 1.20 bits per heavy atom. The molecule has 0 amide bonds.